The summed E-state index contributed by atoms with van der Waals surface area (Å²) in [6, 6.07) is 7.98. The molecule has 0 unspecified atom stereocenters. The lowest BCUT2D eigenvalue weighted by atomic mass is 10.1. The van der Waals surface area contributed by atoms with E-state index in [-0.39, 0.29) is 0 Å². The van der Waals surface area contributed by atoms with Crippen molar-refractivity contribution in [2.75, 3.05) is 20.3 Å². The monoisotopic (exact) mass is 206 g/mol. The molecule has 0 saturated heterocycles. The summed E-state index contributed by atoms with van der Waals surface area (Å²) in [6.45, 7) is 7.32. The highest BCUT2D eigenvalue weighted by Crippen LogP contribution is 2.18. The molecule has 0 aliphatic carbocycles. The van der Waals surface area contributed by atoms with Crippen molar-refractivity contribution in [3.63, 3.8) is 0 Å². The van der Waals surface area contributed by atoms with Gasteiger partial charge in [0.2, 0.25) is 0 Å². The maximum Gasteiger partial charge on any atom is 0.119 e. The van der Waals surface area contributed by atoms with Crippen LogP contribution in [0.5, 0.6) is 5.75 Å². The van der Waals surface area contributed by atoms with Gasteiger partial charge in [-0.2, -0.15) is 0 Å². The molecule has 0 aromatic heterocycles. The van der Waals surface area contributed by atoms with Gasteiger partial charge in [0, 0.05) is 20.1 Å². The standard InChI is InChI=1S/C13H18O2/c1-11(2)12-6-4-7-13(10-12)15-9-5-8-14-3/h4,6-7,10H,1,5,8-9H2,2-3H3. The van der Waals surface area contributed by atoms with Crippen LogP contribution in [-0.2, 0) is 4.74 Å². The highest BCUT2D eigenvalue weighted by Gasteiger charge is 1.97. The fourth-order valence-corrected chi connectivity index (χ4v) is 1.24. The van der Waals surface area contributed by atoms with E-state index in [1.165, 1.54) is 0 Å². The molecule has 0 radical (unpaired) electrons. The third-order valence-corrected chi connectivity index (χ3v) is 2.09. The average molecular weight is 206 g/mol. The average Bonchev–Trinajstić information content (AvgIpc) is 2.25. The van der Waals surface area contributed by atoms with Gasteiger partial charge in [0.25, 0.3) is 0 Å². The third-order valence-electron chi connectivity index (χ3n) is 2.09. The minimum atomic E-state index is 0.688. The highest BCUT2D eigenvalue weighted by atomic mass is 16.5. The second-order valence-electron chi connectivity index (χ2n) is 3.50. The zero-order valence-electron chi connectivity index (χ0n) is 9.45. The molecule has 1 aromatic carbocycles. The molecule has 0 N–H and O–H groups in total. The number of benzene rings is 1. The topological polar surface area (TPSA) is 18.5 Å². The van der Waals surface area contributed by atoms with Crippen LogP contribution in [0.25, 0.3) is 5.57 Å². The van der Waals surface area contributed by atoms with Crippen LogP contribution in [0.2, 0.25) is 0 Å². The lowest BCUT2D eigenvalue weighted by Crippen LogP contribution is -2.01. The number of hydrogen-bond acceptors (Lipinski definition) is 2. The zero-order chi connectivity index (χ0) is 11.1. The molecule has 2 nitrogen and oxygen atoms in total. The van der Waals surface area contributed by atoms with Gasteiger partial charge in [0.15, 0.2) is 0 Å². The first-order valence-corrected chi connectivity index (χ1v) is 5.11. The zero-order valence-corrected chi connectivity index (χ0v) is 9.45. The Balaban J connectivity index is 2.47. The van der Waals surface area contributed by atoms with Crippen molar-refractivity contribution in [2.45, 2.75) is 13.3 Å². The molecule has 1 aromatic rings. The molecule has 0 atom stereocenters. The molecule has 0 saturated carbocycles. The molecule has 1 rings (SSSR count). The largest absolute Gasteiger partial charge is 0.493 e. The van der Waals surface area contributed by atoms with E-state index in [0.717, 1.165) is 29.9 Å². The Kier molecular flexibility index (Phi) is 4.91. The van der Waals surface area contributed by atoms with Gasteiger partial charge in [-0.05, 0) is 24.6 Å². The van der Waals surface area contributed by atoms with Gasteiger partial charge in [0.1, 0.15) is 5.75 Å². The molecule has 0 aliphatic rings. The van der Waals surface area contributed by atoms with Crippen LogP contribution in [-0.4, -0.2) is 20.3 Å². The van der Waals surface area contributed by atoms with E-state index in [9.17, 15) is 0 Å². The predicted octanol–water partition coefficient (Wildman–Crippen LogP) is 3.14. The van der Waals surface area contributed by atoms with Crippen molar-refractivity contribution in [2.24, 2.45) is 0 Å². The molecule has 0 aliphatic heterocycles. The van der Waals surface area contributed by atoms with E-state index in [1.807, 2.05) is 31.2 Å². The van der Waals surface area contributed by atoms with Crippen LogP contribution < -0.4 is 4.74 Å². The van der Waals surface area contributed by atoms with Crippen molar-refractivity contribution >= 4 is 5.57 Å². The molecule has 0 bridgehead atoms. The first-order valence-electron chi connectivity index (χ1n) is 5.11. The number of ether oxygens (including phenoxy) is 2. The van der Waals surface area contributed by atoms with Gasteiger partial charge in [-0.15, -0.1) is 0 Å². The first kappa shape index (κ1) is 11.8. The second kappa shape index (κ2) is 6.25. The number of hydrogen-bond donors (Lipinski definition) is 0. The lowest BCUT2D eigenvalue weighted by Gasteiger charge is -2.07. The van der Waals surface area contributed by atoms with Crippen LogP contribution in [0.3, 0.4) is 0 Å². The fraction of sp³-hybridized carbons (Fsp3) is 0.385. The van der Waals surface area contributed by atoms with E-state index in [1.54, 1.807) is 7.11 Å². The Bertz CT molecular complexity index is 318. The van der Waals surface area contributed by atoms with Crippen LogP contribution in [0, 0.1) is 0 Å². The fourth-order valence-electron chi connectivity index (χ4n) is 1.24. The van der Waals surface area contributed by atoms with Crippen molar-refractivity contribution in [3.05, 3.63) is 36.4 Å². The van der Waals surface area contributed by atoms with Crippen molar-refractivity contribution in [1.29, 1.82) is 0 Å². The SMILES string of the molecule is C=C(C)c1cccc(OCCCOC)c1. The summed E-state index contributed by atoms with van der Waals surface area (Å²) in [6.07, 6.45) is 0.911. The summed E-state index contributed by atoms with van der Waals surface area (Å²) < 4.78 is 10.5. The normalized spacial score (nSPS) is 10.0. The Morgan fingerprint density at radius 1 is 1.33 bits per heavy atom. The van der Waals surface area contributed by atoms with Crippen LogP contribution in [0.1, 0.15) is 18.9 Å². The summed E-state index contributed by atoms with van der Waals surface area (Å²) in [5, 5.41) is 0. The molecule has 15 heavy (non-hydrogen) atoms. The molecular weight excluding hydrogens is 188 g/mol. The number of allylic oxidation sites excluding steroid dienone is 1. The van der Waals surface area contributed by atoms with Crippen molar-refractivity contribution in [1.82, 2.24) is 0 Å². The summed E-state index contributed by atoms with van der Waals surface area (Å²) in [5.74, 6) is 0.895. The lowest BCUT2D eigenvalue weighted by molar-refractivity contribution is 0.172. The van der Waals surface area contributed by atoms with Gasteiger partial charge in [-0.25, -0.2) is 0 Å². The molecule has 0 spiro atoms. The van der Waals surface area contributed by atoms with Crippen LogP contribution >= 0.6 is 0 Å². The van der Waals surface area contributed by atoms with Crippen molar-refractivity contribution < 1.29 is 9.47 Å². The number of rotatable bonds is 6. The van der Waals surface area contributed by atoms with Gasteiger partial charge < -0.3 is 9.47 Å². The molecule has 0 fully saturated rings. The summed E-state index contributed by atoms with van der Waals surface area (Å²) >= 11 is 0. The molecule has 0 heterocycles. The first-order chi connectivity index (χ1) is 7.24. The smallest absolute Gasteiger partial charge is 0.119 e. The van der Waals surface area contributed by atoms with E-state index >= 15 is 0 Å². The highest BCUT2D eigenvalue weighted by molar-refractivity contribution is 5.62. The minimum absolute atomic E-state index is 0.688. The van der Waals surface area contributed by atoms with Gasteiger partial charge in [-0.3, -0.25) is 0 Å². The Morgan fingerprint density at radius 3 is 2.80 bits per heavy atom. The van der Waals surface area contributed by atoms with E-state index in [4.69, 9.17) is 9.47 Å². The second-order valence-corrected chi connectivity index (χ2v) is 3.50. The Labute approximate surface area is 91.5 Å². The quantitative estimate of drug-likeness (QED) is 0.666. The van der Waals surface area contributed by atoms with Crippen LogP contribution in [0.4, 0.5) is 0 Å². The minimum Gasteiger partial charge on any atom is -0.493 e. The Hall–Kier alpha value is -1.28. The Morgan fingerprint density at radius 2 is 2.13 bits per heavy atom. The molecular formula is C13H18O2. The van der Waals surface area contributed by atoms with Crippen LogP contribution in [0.15, 0.2) is 30.8 Å². The molecule has 0 amide bonds. The summed E-state index contributed by atoms with van der Waals surface area (Å²) in [4.78, 5) is 0. The number of methoxy groups -OCH3 is 1. The van der Waals surface area contributed by atoms with E-state index in [0.29, 0.717) is 6.61 Å². The van der Waals surface area contributed by atoms with Gasteiger partial charge in [-0.1, -0.05) is 24.3 Å². The molecule has 2 heteroatoms. The summed E-state index contributed by atoms with van der Waals surface area (Å²) in [5.41, 5.74) is 2.18. The van der Waals surface area contributed by atoms with Crippen molar-refractivity contribution in [3.8, 4) is 5.75 Å². The maximum absolute atomic E-state index is 5.58. The summed E-state index contributed by atoms with van der Waals surface area (Å²) in [7, 11) is 1.70. The maximum atomic E-state index is 5.58. The van der Waals surface area contributed by atoms with Gasteiger partial charge in [0.05, 0.1) is 6.61 Å². The predicted molar refractivity (Wildman–Crippen MR) is 63.1 cm³/mol. The third kappa shape index (κ3) is 4.17. The molecule has 82 valence electrons. The van der Waals surface area contributed by atoms with E-state index < -0.39 is 0 Å². The van der Waals surface area contributed by atoms with Gasteiger partial charge >= 0.3 is 0 Å². The van der Waals surface area contributed by atoms with E-state index in [2.05, 4.69) is 6.58 Å².